The van der Waals surface area contributed by atoms with E-state index in [1.54, 1.807) is 42.5 Å². The van der Waals surface area contributed by atoms with Gasteiger partial charge in [0.05, 0.1) is 12.5 Å². The smallest absolute Gasteiger partial charge is 0.241 e. The number of hydrogen-bond donors (Lipinski definition) is 0. The van der Waals surface area contributed by atoms with Gasteiger partial charge in [0.1, 0.15) is 5.75 Å². The Bertz CT molecular complexity index is 950. The maximum Gasteiger partial charge on any atom is 0.241 e. The third-order valence-electron chi connectivity index (χ3n) is 6.56. The number of amides is 3. The van der Waals surface area contributed by atoms with Gasteiger partial charge >= 0.3 is 0 Å². The number of rotatable bonds is 7. The van der Waals surface area contributed by atoms with E-state index in [0.717, 1.165) is 31.2 Å². The van der Waals surface area contributed by atoms with Crippen molar-refractivity contribution in [1.29, 1.82) is 0 Å². The Kier molecular flexibility index (Phi) is 6.14. The number of nitrogens with zero attached hydrogens (tertiary/aromatic N) is 2. The molecule has 164 valence electrons. The minimum Gasteiger partial charge on any atom is -0.497 e. The van der Waals surface area contributed by atoms with Crippen LogP contribution in [0.25, 0.3) is 0 Å². The second-order valence-electron chi connectivity index (χ2n) is 8.55. The predicted octanol–water partition coefficient (Wildman–Crippen LogP) is 3.74. The molecule has 2 fully saturated rings. The van der Waals surface area contributed by atoms with Crippen LogP contribution in [0.3, 0.4) is 0 Å². The number of methoxy groups -OCH3 is 1. The van der Waals surface area contributed by atoms with Gasteiger partial charge < -0.3 is 9.64 Å². The molecule has 1 aliphatic heterocycles. The number of imide groups is 1. The molecule has 6 nitrogen and oxygen atoms in total. The van der Waals surface area contributed by atoms with Crippen LogP contribution in [0.1, 0.15) is 49.7 Å². The minimum absolute atomic E-state index is 0.0201. The average molecular weight is 441 g/mol. The number of likely N-dealkylation sites (tertiary alicyclic amines) is 1. The lowest BCUT2D eigenvalue weighted by molar-refractivity contribution is -0.144. The molecule has 31 heavy (non-hydrogen) atoms. The van der Waals surface area contributed by atoms with Gasteiger partial charge in [-0.3, -0.25) is 19.3 Å². The fourth-order valence-corrected chi connectivity index (χ4v) is 5.47. The quantitative estimate of drug-likeness (QED) is 0.615. The van der Waals surface area contributed by atoms with Crippen molar-refractivity contribution in [2.24, 2.45) is 0 Å². The van der Waals surface area contributed by atoms with E-state index in [9.17, 15) is 14.4 Å². The van der Waals surface area contributed by atoms with Crippen molar-refractivity contribution >= 4 is 29.1 Å². The number of thiophene rings is 1. The minimum atomic E-state index is -1.16. The standard InChI is InChI=1S/C24H28N2O4S/c1-25(15-17-11-12-31-16-17)21(27)13-24(18-7-9-20(30-2)10-8-18)14-22(28)26(23(24)29)19-5-3-4-6-19/h7-12,16,19H,3-6,13-15H2,1-2H3/t24-/m0/s1. The van der Waals surface area contributed by atoms with Gasteiger partial charge in [-0.15, -0.1) is 0 Å². The van der Waals surface area contributed by atoms with Crippen LogP contribution in [0.2, 0.25) is 0 Å². The monoisotopic (exact) mass is 440 g/mol. The van der Waals surface area contributed by atoms with Crippen molar-refractivity contribution in [2.45, 2.75) is 56.5 Å². The normalized spacial score (nSPS) is 21.7. The molecule has 0 unspecified atom stereocenters. The fraction of sp³-hybridized carbons (Fsp3) is 0.458. The Balaban J connectivity index is 1.65. The summed E-state index contributed by atoms with van der Waals surface area (Å²) in [4.78, 5) is 43.1. The third-order valence-corrected chi connectivity index (χ3v) is 7.29. The molecule has 1 atom stereocenters. The summed E-state index contributed by atoms with van der Waals surface area (Å²) in [6.45, 7) is 0.482. The van der Waals surface area contributed by atoms with Gasteiger partial charge in [-0.25, -0.2) is 0 Å². The van der Waals surface area contributed by atoms with E-state index >= 15 is 0 Å². The first-order valence-corrected chi connectivity index (χ1v) is 11.6. The lowest BCUT2D eigenvalue weighted by Gasteiger charge is -2.30. The topological polar surface area (TPSA) is 66.9 Å². The van der Waals surface area contributed by atoms with Gasteiger partial charge in [-0.2, -0.15) is 11.3 Å². The Morgan fingerprint density at radius 3 is 2.52 bits per heavy atom. The maximum absolute atomic E-state index is 13.8. The lowest BCUT2D eigenvalue weighted by atomic mass is 9.75. The Morgan fingerprint density at radius 2 is 1.90 bits per heavy atom. The van der Waals surface area contributed by atoms with Gasteiger partial charge in [-0.1, -0.05) is 25.0 Å². The summed E-state index contributed by atoms with van der Waals surface area (Å²) in [6, 6.07) is 9.14. The van der Waals surface area contributed by atoms with Gasteiger partial charge in [-0.05, 0) is 52.9 Å². The second-order valence-corrected chi connectivity index (χ2v) is 9.33. The van der Waals surface area contributed by atoms with Crippen LogP contribution in [0.5, 0.6) is 5.75 Å². The van der Waals surface area contributed by atoms with Crippen molar-refractivity contribution in [3.05, 3.63) is 52.2 Å². The molecular formula is C24H28N2O4S. The highest BCUT2D eigenvalue weighted by molar-refractivity contribution is 7.07. The molecule has 1 saturated carbocycles. The van der Waals surface area contributed by atoms with Gasteiger partial charge in [0.25, 0.3) is 0 Å². The van der Waals surface area contributed by atoms with E-state index in [2.05, 4.69) is 0 Å². The summed E-state index contributed by atoms with van der Waals surface area (Å²) in [5, 5.41) is 3.99. The van der Waals surface area contributed by atoms with Crippen molar-refractivity contribution < 1.29 is 19.1 Å². The van der Waals surface area contributed by atoms with E-state index < -0.39 is 5.41 Å². The molecule has 1 saturated heterocycles. The van der Waals surface area contributed by atoms with Crippen molar-refractivity contribution in [3.8, 4) is 5.75 Å². The summed E-state index contributed by atoms with van der Waals surface area (Å²) in [6.07, 6.45) is 3.77. The Morgan fingerprint density at radius 1 is 1.19 bits per heavy atom. The number of hydrogen-bond acceptors (Lipinski definition) is 5. The highest BCUT2D eigenvalue weighted by Gasteiger charge is 2.55. The molecule has 0 spiro atoms. The first-order chi connectivity index (χ1) is 14.9. The van der Waals surface area contributed by atoms with E-state index in [-0.39, 0.29) is 36.6 Å². The summed E-state index contributed by atoms with van der Waals surface area (Å²) >= 11 is 1.59. The first-order valence-electron chi connectivity index (χ1n) is 10.7. The fourth-order valence-electron chi connectivity index (χ4n) is 4.81. The van der Waals surface area contributed by atoms with Crippen molar-refractivity contribution in [3.63, 3.8) is 0 Å². The zero-order valence-corrected chi connectivity index (χ0v) is 18.8. The lowest BCUT2D eigenvalue weighted by Crippen LogP contribution is -2.45. The van der Waals surface area contributed by atoms with Crippen LogP contribution >= 0.6 is 11.3 Å². The Hall–Kier alpha value is -2.67. The molecule has 1 aliphatic carbocycles. The molecule has 0 bridgehead atoms. The molecule has 4 rings (SSSR count). The molecule has 2 aliphatic rings. The maximum atomic E-state index is 13.8. The molecule has 1 aromatic heterocycles. The van der Waals surface area contributed by atoms with Gasteiger partial charge in [0, 0.05) is 32.5 Å². The molecule has 2 heterocycles. The van der Waals surface area contributed by atoms with Crippen LogP contribution in [0.15, 0.2) is 41.1 Å². The predicted molar refractivity (Wildman–Crippen MR) is 119 cm³/mol. The zero-order valence-electron chi connectivity index (χ0n) is 18.0. The average Bonchev–Trinajstić information content (AvgIpc) is 3.51. The molecule has 7 heteroatoms. The molecule has 0 N–H and O–H groups in total. The number of benzene rings is 1. The molecule has 3 amide bonds. The van der Waals surface area contributed by atoms with E-state index in [1.807, 2.05) is 29.0 Å². The largest absolute Gasteiger partial charge is 0.497 e. The molecule has 2 aromatic rings. The van der Waals surface area contributed by atoms with Crippen molar-refractivity contribution in [1.82, 2.24) is 9.80 Å². The summed E-state index contributed by atoms with van der Waals surface area (Å²) in [7, 11) is 3.33. The van der Waals surface area contributed by atoms with Crippen LogP contribution < -0.4 is 4.74 Å². The summed E-state index contributed by atoms with van der Waals surface area (Å²) in [5.41, 5.74) is 0.594. The number of ether oxygens (including phenoxy) is 1. The number of carbonyl (C=O) groups excluding carboxylic acids is 3. The second kappa shape index (κ2) is 8.83. The third kappa shape index (κ3) is 4.11. The highest BCUT2D eigenvalue weighted by Crippen LogP contribution is 2.43. The van der Waals surface area contributed by atoms with Crippen LogP contribution in [-0.4, -0.2) is 47.7 Å². The highest BCUT2D eigenvalue weighted by atomic mass is 32.1. The van der Waals surface area contributed by atoms with E-state index in [0.29, 0.717) is 17.9 Å². The SMILES string of the molecule is COc1ccc([C@]2(CC(=O)N(C)Cc3ccsc3)CC(=O)N(C3CCCC3)C2=O)cc1. The van der Waals surface area contributed by atoms with Crippen LogP contribution in [-0.2, 0) is 26.3 Å². The Labute approximate surface area is 186 Å². The van der Waals surface area contributed by atoms with Gasteiger partial charge in [0.15, 0.2) is 0 Å². The molecule has 0 radical (unpaired) electrons. The summed E-state index contributed by atoms with van der Waals surface area (Å²) in [5.74, 6) is 0.133. The van der Waals surface area contributed by atoms with Crippen LogP contribution in [0, 0.1) is 0 Å². The summed E-state index contributed by atoms with van der Waals surface area (Å²) < 4.78 is 5.26. The van der Waals surface area contributed by atoms with Crippen LogP contribution in [0.4, 0.5) is 0 Å². The van der Waals surface area contributed by atoms with E-state index in [4.69, 9.17) is 4.74 Å². The zero-order chi connectivity index (χ0) is 22.0. The molecular weight excluding hydrogens is 412 g/mol. The van der Waals surface area contributed by atoms with Crippen molar-refractivity contribution in [2.75, 3.05) is 14.2 Å². The van der Waals surface area contributed by atoms with E-state index in [1.165, 1.54) is 4.90 Å². The number of carbonyl (C=O) groups is 3. The molecule has 1 aromatic carbocycles. The first kappa shape index (κ1) is 21.6. The van der Waals surface area contributed by atoms with Gasteiger partial charge in [0.2, 0.25) is 17.7 Å².